The molecular weight excluding hydrogens is 386 g/mol. The molecule has 174 valence electrons. The molecule has 0 radical (unpaired) electrons. The first-order chi connectivity index (χ1) is 12.7. The van der Waals surface area contributed by atoms with Gasteiger partial charge in [-0.3, -0.25) is 0 Å². The van der Waals surface area contributed by atoms with Crippen molar-refractivity contribution in [1.29, 1.82) is 0 Å². The summed E-state index contributed by atoms with van der Waals surface area (Å²) in [7, 11) is 0. The van der Waals surface area contributed by atoms with Crippen molar-refractivity contribution in [1.82, 2.24) is 14.5 Å². The molecule has 0 bridgehead atoms. The van der Waals surface area contributed by atoms with Crippen molar-refractivity contribution in [2.75, 3.05) is 0 Å². The SMILES string of the molecule is C.Cc1nc(C(C)(C)C)c(C)n1C(C)(C)C.Cc1nc(C(C)(C)C)sc1C(C)(C)C. The predicted octanol–water partition coefficient (Wildman–Crippen LogP) is 8.24. The molecular formula is C26H49N3S. The molecule has 2 rings (SSSR count). The molecule has 3 nitrogen and oxygen atoms in total. The number of hydrogen-bond acceptors (Lipinski definition) is 3. The molecule has 0 amide bonds. The Morgan fingerprint density at radius 1 is 0.667 bits per heavy atom. The summed E-state index contributed by atoms with van der Waals surface area (Å²) in [6, 6.07) is 0. The normalized spacial score (nSPS) is 12.9. The summed E-state index contributed by atoms with van der Waals surface area (Å²) in [6.45, 7) is 33.1. The lowest BCUT2D eigenvalue weighted by Crippen LogP contribution is -2.25. The maximum Gasteiger partial charge on any atom is 0.106 e. The highest BCUT2D eigenvalue weighted by atomic mass is 32.1. The van der Waals surface area contributed by atoms with Crippen molar-refractivity contribution < 1.29 is 0 Å². The van der Waals surface area contributed by atoms with E-state index in [1.807, 2.05) is 11.3 Å². The van der Waals surface area contributed by atoms with Gasteiger partial charge in [0.15, 0.2) is 0 Å². The molecule has 2 aromatic heterocycles. The molecule has 0 fully saturated rings. The molecule has 0 atom stereocenters. The van der Waals surface area contributed by atoms with Crippen LogP contribution in [0.4, 0.5) is 0 Å². The molecule has 2 aromatic rings. The average molecular weight is 436 g/mol. The van der Waals surface area contributed by atoms with Crippen molar-refractivity contribution in [3.8, 4) is 0 Å². The Morgan fingerprint density at radius 2 is 1.13 bits per heavy atom. The summed E-state index contributed by atoms with van der Waals surface area (Å²) < 4.78 is 2.33. The maximum atomic E-state index is 4.71. The highest BCUT2D eigenvalue weighted by molar-refractivity contribution is 7.12. The summed E-state index contributed by atoms with van der Waals surface area (Å²) in [5.74, 6) is 1.12. The molecule has 30 heavy (non-hydrogen) atoms. The van der Waals surface area contributed by atoms with Crippen LogP contribution in [0.2, 0.25) is 0 Å². The van der Waals surface area contributed by atoms with Gasteiger partial charge in [0.25, 0.3) is 0 Å². The van der Waals surface area contributed by atoms with Crippen LogP contribution in [0, 0.1) is 20.8 Å². The van der Waals surface area contributed by atoms with Gasteiger partial charge in [0.1, 0.15) is 5.82 Å². The fourth-order valence-electron chi connectivity index (χ4n) is 3.75. The number of thiazole rings is 1. The van der Waals surface area contributed by atoms with Crippen LogP contribution < -0.4 is 0 Å². The Hall–Kier alpha value is -1.16. The van der Waals surface area contributed by atoms with Crippen LogP contribution in [-0.2, 0) is 21.8 Å². The first kappa shape index (κ1) is 28.8. The fraction of sp³-hybridized carbons (Fsp3) is 0.769. The molecule has 0 aliphatic heterocycles. The minimum atomic E-state index is 0. The van der Waals surface area contributed by atoms with Gasteiger partial charge in [-0.15, -0.1) is 11.3 Å². The van der Waals surface area contributed by atoms with E-state index < -0.39 is 0 Å². The van der Waals surface area contributed by atoms with E-state index in [4.69, 9.17) is 4.98 Å². The number of nitrogens with zero attached hydrogens (tertiary/aromatic N) is 3. The van der Waals surface area contributed by atoms with Gasteiger partial charge in [-0.05, 0) is 47.0 Å². The van der Waals surface area contributed by atoms with E-state index in [-0.39, 0.29) is 29.2 Å². The first-order valence-electron chi connectivity index (χ1n) is 10.7. The third-order valence-corrected chi connectivity index (χ3v) is 6.78. The zero-order chi connectivity index (χ0) is 23.2. The van der Waals surface area contributed by atoms with Crippen LogP contribution in [0.5, 0.6) is 0 Å². The molecule has 4 heteroatoms. The number of aryl methyl sites for hydroxylation is 2. The maximum absolute atomic E-state index is 4.71. The lowest BCUT2D eigenvalue weighted by molar-refractivity contribution is 0.379. The van der Waals surface area contributed by atoms with Gasteiger partial charge in [-0.2, -0.15) is 0 Å². The Bertz CT molecular complexity index is 826. The van der Waals surface area contributed by atoms with Crippen LogP contribution in [0.3, 0.4) is 0 Å². The van der Waals surface area contributed by atoms with E-state index in [2.05, 4.69) is 113 Å². The van der Waals surface area contributed by atoms with E-state index >= 15 is 0 Å². The third-order valence-electron chi connectivity index (χ3n) is 4.78. The Balaban J connectivity index is 0.000000544. The number of hydrogen-bond donors (Lipinski definition) is 0. The van der Waals surface area contributed by atoms with Crippen LogP contribution in [0.1, 0.15) is 123 Å². The van der Waals surface area contributed by atoms with E-state index in [0.29, 0.717) is 0 Å². The highest BCUT2D eigenvalue weighted by Crippen LogP contribution is 2.36. The standard InChI is InChI=1S/C13H24N2.C12H21NS.CH4/c1-9-11(12(3,4)5)14-10(2)15(9)13(6,7)8;1-8-9(11(2,3)4)14-10(13-8)12(5,6)7;/h1-8H3;1-7H3;1H4. The van der Waals surface area contributed by atoms with Gasteiger partial charge in [0, 0.05) is 26.9 Å². The minimum absolute atomic E-state index is 0. The van der Waals surface area contributed by atoms with Crippen LogP contribution in [0.15, 0.2) is 0 Å². The lowest BCUT2D eigenvalue weighted by Gasteiger charge is -2.25. The van der Waals surface area contributed by atoms with Crippen molar-refractivity contribution in [2.45, 2.75) is 133 Å². The smallest absolute Gasteiger partial charge is 0.106 e. The summed E-state index contributed by atoms with van der Waals surface area (Å²) in [5, 5.41) is 1.25. The van der Waals surface area contributed by atoms with Crippen molar-refractivity contribution in [2.24, 2.45) is 0 Å². The fourth-order valence-corrected chi connectivity index (χ4v) is 4.93. The predicted molar refractivity (Wildman–Crippen MR) is 136 cm³/mol. The third kappa shape index (κ3) is 6.93. The van der Waals surface area contributed by atoms with E-state index in [0.717, 1.165) is 5.82 Å². The van der Waals surface area contributed by atoms with Crippen LogP contribution in [-0.4, -0.2) is 14.5 Å². The summed E-state index contributed by atoms with van der Waals surface area (Å²) in [4.78, 5) is 10.8. The second-order valence-electron chi connectivity index (χ2n) is 12.3. The van der Waals surface area contributed by atoms with Crippen molar-refractivity contribution >= 4 is 11.3 Å². The topological polar surface area (TPSA) is 30.7 Å². The second kappa shape index (κ2) is 9.14. The van der Waals surface area contributed by atoms with Crippen LogP contribution in [0.25, 0.3) is 0 Å². The van der Waals surface area contributed by atoms with E-state index in [1.165, 1.54) is 27.0 Å². The summed E-state index contributed by atoms with van der Waals surface area (Å²) in [6.07, 6.45) is 0. The Morgan fingerprint density at radius 3 is 1.33 bits per heavy atom. The Kier molecular flexibility index (Phi) is 8.79. The summed E-state index contributed by atoms with van der Waals surface area (Å²) >= 11 is 1.86. The summed E-state index contributed by atoms with van der Waals surface area (Å²) in [5.41, 5.74) is 4.37. The van der Waals surface area contributed by atoms with Gasteiger partial charge in [-0.1, -0.05) is 69.7 Å². The number of imidazole rings is 1. The van der Waals surface area contributed by atoms with E-state index in [9.17, 15) is 0 Å². The lowest BCUT2D eigenvalue weighted by atomic mass is 9.91. The number of aromatic nitrogens is 3. The van der Waals surface area contributed by atoms with Gasteiger partial charge in [0.05, 0.1) is 16.4 Å². The molecule has 0 saturated heterocycles. The molecule has 2 heterocycles. The monoisotopic (exact) mass is 435 g/mol. The molecule has 0 unspecified atom stereocenters. The molecule has 0 aliphatic carbocycles. The van der Waals surface area contributed by atoms with Gasteiger partial charge < -0.3 is 4.57 Å². The first-order valence-corrected chi connectivity index (χ1v) is 11.5. The minimum Gasteiger partial charge on any atom is -0.327 e. The molecule has 0 aromatic carbocycles. The zero-order valence-electron chi connectivity index (χ0n) is 21.7. The largest absolute Gasteiger partial charge is 0.327 e. The highest BCUT2D eigenvalue weighted by Gasteiger charge is 2.27. The van der Waals surface area contributed by atoms with E-state index in [1.54, 1.807) is 0 Å². The van der Waals surface area contributed by atoms with Crippen LogP contribution >= 0.6 is 11.3 Å². The van der Waals surface area contributed by atoms with Crippen molar-refractivity contribution in [3.63, 3.8) is 0 Å². The van der Waals surface area contributed by atoms with Gasteiger partial charge >= 0.3 is 0 Å². The average Bonchev–Trinajstić information content (AvgIpc) is 2.97. The molecule has 0 saturated carbocycles. The zero-order valence-corrected chi connectivity index (χ0v) is 22.6. The quantitative estimate of drug-likeness (QED) is 0.417. The van der Waals surface area contributed by atoms with Gasteiger partial charge in [0.2, 0.25) is 0 Å². The van der Waals surface area contributed by atoms with Crippen molar-refractivity contribution in [3.05, 3.63) is 32.8 Å². The molecule has 0 N–H and O–H groups in total. The second-order valence-corrected chi connectivity index (χ2v) is 13.3. The number of rotatable bonds is 0. The Labute approximate surface area is 191 Å². The molecule has 0 spiro atoms. The van der Waals surface area contributed by atoms with Gasteiger partial charge in [-0.25, -0.2) is 9.97 Å². The molecule has 0 aliphatic rings.